The molecule has 0 aromatic rings. The summed E-state index contributed by atoms with van der Waals surface area (Å²) in [6.07, 6.45) is 25.7. The van der Waals surface area contributed by atoms with Gasteiger partial charge < -0.3 is 89.9 Å². The lowest BCUT2D eigenvalue weighted by molar-refractivity contribution is -0.379. The molecular formula is C64H117NO18. The largest absolute Gasteiger partial charge is 0.394 e. The Hall–Kier alpha value is -1.99. The number of hydrogen-bond acceptors (Lipinski definition) is 18. The number of aliphatic hydroxyl groups excluding tert-OH is 11. The van der Waals surface area contributed by atoms with Crippen LogP contribution in [0, 0.1) is 0 Å². The summed E-state index contributed by atoms with van der Waals surface area (Å²) in [6.45, 7) is 1.69. The van der Waals surface area contributed by atoms with Crippen molar-refractivity contribution in [2.24, 2.45) is 0 Å². The molecule has 19 nitrogen and oxygen atoms in total. The minimum absolute atomic E-state index is 0.226. The minimum atomic E-state index is -1.98. The molecule has 0 aliphatic carbocycles. The predicted octanol–water partition coefficient (Wildman–Crippen LogP) is 7.27. The number of rotatable bonds is 49. The number of allylic oxidation sites excluding steroid dienone is 5. The van der Waals surface area contributed by atoms with E-state index in [0.29, 0.717) is 12.8 Å². The van der Waals surface area contributed by atoms with E-state index in [1.54, 1.807) is 6.08 Å². The molecule has 3 aliphatic heterocycles. The third-order valence-electron chi connectivity index (χ3n) is 16.4. The first-order valence-corrected chi connectivity index (χ1v) is 32.7. The Labute approximate surface area is 498 Å². The monoisotopic (exact) mass is 1190 g/mol. The Morgan fingerprint density at radius 2 is 0.771 bits per heavy atom. The van der Waals surface area contributed by atoms with Crippen LogP contribution in [0.4, 0.5) is 0 Å². The maximum atomic E-state index is 13.3. The van der Waals surface area contributed by atoms with Gasteiger partial charge in [0, 0.05) is 6.42 Å². The Balaban J connectivity index is 1.46. The van der Waals surface area contributed by atoms with Crippen LogP contribution in [-0.4, -0.2) is 193 Å². The number of hydrogen-bond donors (Lipinski definition) is 12. The predicted molar refractivity (Wildman–Crippen MR) is 319 cm³/mol. The fraction of sp³-hybridized carbons (Fsp3) is 0.891. The fourth-order valence-corrected chi connectivity index (χ4v) is 11.0. The summed E-state index contributed by atoms with van der Waals surface area (Å²) in [5.74, 6) is -0.295. The quantitative estimate of drug-likeness (QED) is 0.0211. The maximum absolute atomic E-state index is 13.3. The summed E-state index contributed by atoms with van der Waals surface area (Å²) < 4.78 is 34.3. The summed E-state index contributed by atoms with van der Waals surface area (Å²) in [5, 5.41) is 120. The molecule has 19 heteroatoms. The van der Waals surface area contributed by atoms with Gasteiger partial charge >= 0.3 is 0 Å². The smallest absolute Gasteiger partial charge is 0.220 e. The lowest BCUT2D eigenvalue weighted by Gasteiger charge is -2.48. The van der Waals surface area contributed by atoms with Crippen LogP contribution in [0.15, 0.2) is 36.5 Å². The second kappa shape index (κ2) is 47.1. The molecule has 0 aromatic heterocycles. The first-order chi connectivity index (χ1) is 40.3. The number of amides is 1. The highest BCUT2D eigenvalue weighted by atomic mass is 16.8. The molecule has 0 spiro atoms. The number of ether oxygens (including phenoxy) is 6. The lowest BCUT2D eigenvalue weighted by Crippen LogP contribution is -2.66. The van der Waals surface area contributed by atoms with E-state index in [2.05, 4.69) is 43.5 Å². The van der Waals surface area contributed by atoms with Crippen molar-refractivity contribution >= 4 is 5.91 Å². The van der Waals surface area contributed by atoms with E-state index in [0.717, 1.165) is 57.8 Å². The zero-order valence-electron chi connectivity index (χ0n) is 50.9. The summed E-state index contributed by atoms with van der Waals surface area (Å²) in [7, 11) is 0. The van der Waals surface area contributed by atoms with Crippen molar-refractivity contribution in [2.75, 3.05) is 26.4 Å². The normalized spacial score (nSPS) is 29.6. The minimum Gasteiger partial charge on any atom is -0.394 e. The van der Waals surface area contributed by atoms with Gasteiger partial charge in [-0.1, -0.05) is 204 Å². The van der Waals surface area contributed by atoms with Gasteiger partial charge in [0.15, 0.2) is 18.9 Å². The highest BCUT2D eigenvalue weighted by Gasteiger charge is 2.53. The summed E-state index contributed by atoms with van der Waals surface area (Å²) in [5.41, 5.74) is 0. The van der Waals surface area contributed by atoms with Crippen LogP contribution in [0.25, 0.3) is 0 Å². The van der Waals surface area contributed by atoms with Gasteiger partial charge in [0.1, 0.15) is 73.2 Å². The van der Waals surface area contributed by atoms with Crippen molar-refractivity contribution in [2.45, 2.75) is 336 Å². The van der Waals surface area contributed by atoms with E-state index in [9.17, 15) is 61.0 Å². The van der Waals surface area contributed by atoms with Crippen LogP contribution in [0.5, 0.6) is 0 Å². The average Bonchev–Trinajstić information content (AvgIpc) is 3.33. The molecule has 486 valence electrons. The van der Waals surface area contributed by atoms with E-state index in [1.165, 1.54) is 141 Å². The van der Waals surface area contributed by atoms with Gasteiger partial charge in [-0.05, 0) is 57.8 Å². The first-order valence-electron chi connectivity index (χ1n) is 32.7. The van der Waals surface area contributed by atoms with Gasteiger partial charge in [0.25, 0.3) is 0 Å². The van der Waals surface area contributed by atoms with Crippen LogP contribution < -0.4 is 5.32 Å². The van der Waals surface area contributed by atoms with Crippen molar-refractivity contribution in [1.82, 2.24) is 5.32 Å². The molecule has 3 saturated heterocycles. The zero-order chi connectivity index (χ0) is 60.5. The summed E-state index contributed by atoms with van der Waals surface area (Å²) in [4.78, 5) is 13.3. The molecule has 17 atom stereocenters. The van der Waals surface area contributed by atoms with E-state index < -0.39 is 124 Å². The molecular weight excluding hydrogens is 1070 g/mol. The van der Waals surface area contributed by atoms with E-state index in [1.807, 2.05) is 6.08 Å². The molecule has 3 heterocycles. The molecule has 1 amide bonds. The molecule has 3 aliphatic rings. The van der Waals surface area contributed by atoms with E-state index in [-0.39, 0.29) is 18.9 Å². The van der Waals surface area contributed by atoms with E-state index >= 15 is 0 Å². The maximum Gasteiger partial charge on any atom is 0.220 e. The molecule has 17 unspecified atom stereocenters. The van der Waals surface area contributed by atoms with Gasteiger partial charge in [-0.3, -0.25) is 4.79 Å². The summed E-state index contributed by atoms with van der Waals surface area (Å²) >= 11 is 0. The van der Waals surface area contributed by atoms with Crippen molar-refractivity contribution in [3.05, 3.63) is 36.5 Å². The molecule has 12 N–H and O–H groups in total. The second-order valence-electron chi connectivity index (χ2n) is 23.6. The van der Waals surface area contributed by atoms with Crippen LogP contribution in [-0.2, 0) is 33.2 Å². The number of unbranched alkanes of at least 4 members (excludes halogenated alkanes) is 29. The molecule has 0 bridgehead atoms. The van der Waals surface area contributed by atoms with Crippen LogP contribution >= 0.6 is 0 Å². The molecule has 83 heavy (non-hydrogen) atoms. The number of aliphatic hydroxyl groups is 11. The fourth-order valence-electron chi connectivity index (χ4n) is 11.0. The Kier molecular flexibility index (Phi) is 42.7. The highest BCUT2D eigenvalue weighted by Crippen LogP contribution is 2.33. The van der Waals surface area contributed by atoms with Crippen LogP contribution in [0.1, 0.15) is 232 Å². The molecule has 0 radical (unpaired) electrons. The van der Waals surface area contributed by atoms with Crippen molar-refractivity contribution in [3.8, 4) is 0 Å². The van der Waals surface area contributed by atoms with Gasteiger partial charge in [-0.2, -0.15) is 0 Å². The SMILES string of the molecule is CCCCCC/C=C\CCCCCCCC(=O)NC(COC1OC(CO)C(OC2OC(CO)C(OC3OC(CO)C(O)C(O)C3O)C(O)C2O)C(O)C1O)C(O)/C=C/CC/C=C/CCCCCCCCCCCCCCCCCCCCC. The average molecular weight is 1190 g/mol. The standard InChI is InChI=1S/C64H117NO18/c1-3-5-7-9-11-13-15-17-18-19-20-21-22-23-24-25-26-27-28-30-31-33-35-37-39-41-48(69)47(65-52(70)42-40-38-36-34-32-29-16-14-12-10-8-6-4-2)46-78-62-58(76)55(73)60(50(44-67)80-62)83-64-59(77)56(74)61(51(45-68)81-64)82-63-57(75)54(72)53(71)49(43-66)79-63/h14,16,31,33,39,41,47-51,53-64,66-69,71-77H,3-13,15,17-30,32,34-38,40,42-46H2,1-2H3,(H,65,70)/b16-14-,33-31+,41-39+. The van der Waals surface area contributed by atoms with E-state index in [4.69, 9.17) is 28.4 Å². The molecule has 3 fully saturated rings. The molecule has 3 rings (SSSR count). The Bertz CT molecular complexity index is 1660. The van der Waals surface area contributed by atoms with Gasteiger partial charge in [-0.15, -0.1) is 0 Å². The topological polar surface area (TPSA) is 307 Å². The van der Waals surface area contributed by atoms with Crippen LogP contribution in [0.3, 0.4) is 0 Å². The summed E-state index contributed by atoms with van der Waals surface area (Å²) in [6, 6.07) is -0.993. The zero-order valence-corrected chi connectivity index (χ0v) is 50.9. The van der Waals surface area contributed by atoms with Gasteiger partial charge in [0.2, 0.25) is 5.91 Å². The molecule has 0 aromatic carbocycles. The Morgan fingerprint density at radius 3 is 1.22 bits per heavy atom. The number of nitrogens with one attached hydrogen (secondary N) is 1. The molecule has 0 saturated carbocycles. The number of carbonyl (C=O) groups is 1. The lowest BCUT2D eigenvalue weighted by atomic mass is 9.96. The van der Waals surface area contributed by atoms with Crippen LogP contribution in [0.2, 0.25) is 0 Å². The van der Waals surface area contributed by atoms with Crippen molar-refractivity contribution in [3.63, 3.8) is 0 Å². The van der Waals surface area contributed by atoms with Crippen molar-refractivity contribution < 1.29 is 89.4 Å². The Morgan fingerprint density at radius 1 is 0.422 bits per heavy atom. The third kappa shape index (κ3) is 30.2. The number of carbonyl (C=O) groups excluding carboxylic acids is 1. The third-order valence-corrected chi connectivity index (χ3v) is 16.4. The van der Waals surface area contributed by atoms with Crippen molar-refractivity contribution in [1.29, 1.82) is 0 Å². The highest BCUT2D eigenvalue weighted by molar-refractivity contribution is 5.76. The van der Waals surface area contributed by atoms with Gasteiger partial charge in [0.05, 0.1) is 38.6 Å². The second-order valence-corrected chi connectivity index (χ2v) is 23.6. The van der Waals surface area contributed by atoms with Gasteiger partial charge in [-0.25, -0.2) is 0 Å². The first kappa shape index (κ1) is 75.3.